The highest BCUT2D eigenvalue weighted by Gasteiger charge is 2.16. The number of ether oxygens (including phenoxy) is 1. The molecule has 0 bridgehead atoms. The van der Waals surface area contributed by atoms with Crippen molar-refractivity contribution in [3.63, 3.8) is 0 Å². The SMILES string of the molecule is Cc1cc2nc(C)c(CCC(=O)OCC(=O)Nc3c(C)cccc3C(C)C)c(C)n2n1. The van der Waals surface area contributed by atoms with Crippen LogP contribution >= 0.6 is 0 Å². The van der Waals surface area contributed by atoms with Gasteiger partial charge >= 0.3 is 5.97 Å². The maximum absolute atomic E-state index is 12.4. The monoisotopic (exact) mass is 422 g/mol. The van der Waals surface area contributed by atoms with Gasteiger partial charge in [0.15, 0.2) is 12.3 Å². The molecule has 7 heteroatoms. The molecule has 0 radical (unpaired) electrons. The van der Waals surface area contributed by atoms with Gasteiger partial charge in [-0.25, -0.2) is 9.50 Å². The first kappa shape index (κ1) is 22.5. The summed E-state index contributed by atoms with van der Waals surface area (Å²) >= 11 is 0. The van der Waals surface area contributed by atoms with Crippen molar-refractivity contribution >= 4 is 23.2 Å². The van der Waals surface area contributed by atoms with Crippen molar-refractivity contribution in [2.45, 2.75) is 60.3 Å². The van der Waals surface area contributed by atoms with Crippen molar-refractivity contribution in [1.29, 1.82) is 0 Å². The Bertz CT molecular complexity index is 1130. The molecule has 0 aliphatic carbocycles. The Morgan fingerprint density at radius 3 is 2.61 bits per heavy atom. The average Bonchev–Trinajstić information content (AvgIpc) is 3.07. The number of para-hydroxylation sites is 1. The van der Waals surface area contributed by atoms with Gasteiger partial charge in [-0.05, 0) is 56.7 Å². The van der Waals surface area contributed by atoms with Crippen molar-refractivity contribution in [3.8, 4) is 0 Å². The predicted octanol–water partition coefficient (Wildman–Crippen LogP) is 4.20. The summed E-state index contributed by atoms with van der Waals surface area (Å²) < 4.78 is 7.01. The molecule has 1 aromatic carbocycles. The van der Waals surface area contributed by atoms with Gasteiger partial charge < -0.3 is 10.1 Å². The molecule has 31 heavy (non-hydrogen) atoms. The highest BCUT2D eigenvalue weighted by molar-refractivity contribution is 5.94. The summed E-state index contributed by atoms with van der Waals surface area (Å²) in [7, 11) is 0. The van der Waals surface area contributed by atoms with Crippen LogP contribution in [0.5, 0.6) is 0 Å². The van der Waals surface area contributed by atoms with Crippen LogP contribution in [0.25, 0.3) is 5.65 Å². The predicted molar refractivity (Wildman–Crippen MR) is 120 cm³/mol. The highest BCUT2D eigenvalue weighted by Crippen LogP contribution is 2.27. The van der Waals surface area contributed by atoms with E-state index in [-0.39, 0.29) is 24.9 Å². The Labute approximate surface area is 182 Å². The molecule has 0 spiro atoms. The van der Waals surface area contributed by atoms with Gasteiger partial charge in [0.1, 0.15) is 0 Å². The first-order valence-electron chi connectivity index (χ1n) is 10.5. The lowest BCUT2D eigenvalue weighted by Gasteiger charge is -2.16. The molecule has 3 rings (SSSR count). The van der Waals surface area contributed by atoms with Crippen LogP contribution in [0.1, 0.15) is 60.0 Å². The number of benzene rings is 1. The minimum Gasteiger partial charge on any atom is -0.456 e. The van der Waals surface area contributed by atoms with E-state index in [0.29, 0.717) is 6.42 Å². The maximum atomic E-state index is 12.4. The zero-order chi connectivity index (χ0) is 22.7. The van der Waals surface area contributed by atoms with E-state index in [4.69, 9.17) is 4.74 Å². The van der Waals surface area contributed by atoms with E-state index in [0.717, 1.165) is 45.1 Å². The molecule has 1 N–H and O–H groups in total. The number of hydrogen-bond donors (Lipinski definition) is 1. The molecule has 0 saturated heterocycles. The normalized spacial score (nSPS) is 11.2. The number of carbonyl (C=O) groups excluding carboxylic acids is 2. The highest BCUT2D eigenvalue weighted by atomic mass is 16.5. The summed E-state index contributed by atoms with van der Waals surface area (Å²) in [5.41, 5.74) is 7.32. The Kier molecular flexibility index (Phi) is 6.73. The van der Waals surface area contributed by atoms with E-state index in [1.807, 2.05) is 52.0 Å². The number of fused-ring (bicyclic) bond motifs is 1. The summed E-state index contributed by atoms with van der Waals surface area (Å²) in [6.07, 6.45) is 0.652. The molecule has 3 aromatic rings. The number of esters is 1. The Morgan fingerprint density at radius 2 is 1.90 bits per heavy atom. The number of aromatic nitrogens is 3. The van der Waals surface area contributed by atoms with Crippen molar-refractivity contribution < 1.29 is 14.3 Å². The number of nitrogens with zero attached hydrogens (tertiary/aromatic N) is 3. The molecule has 2 aromatic heterocycles. The van der Waals surface area contributed by atoms with Gasteiger partial charge in [-0.2, -0.15) is 5.10 Å². The maximum Gasteiger partial charge on any atom is 0.306 e. The summed E-state index contributed by atoms with van der Waals surface area (Å²) in [5, 5.41) is 7.34. The average molecular weight is 423 g/mol. The van der Waals surface area contributed by atoms with Crippen LogP contribution in [0.4, 0.5) is 5.69 Å². The molecule has 0 aliphatic heterocycles. The van der Waals surface area contributed by atoms with Crippen LogP contribution < -0.4 is 5.32 Å². The lowest BCUT2D eigenvalue weighted by molar-refractivity contribution is -0.147. The molecular weight excluding hydrogens is 392 g/mol. The van der Waals surface area contributed by atoms with Crippen LogP contribution in [0, 0.1) is 27.7 Å². The summed E-state index contributed by atoms with van der Waals surface area (Å²) in [5.74, 6) is -0.486. The van der Waals surface area contributed by atoms with Gasteiger partial charge in [0.05, 0.1) is 5.69 Å². The lowest BCUT2D eigenvalue weighted by Crippen LogP contribution is -2.22. The van der Waals surface area contributed by atoms with Crippen LogP contribution in [0.2, 0.25) is 0 Å². The van der Waals surface area contributed by atoms with Crippen molar-refractivity contribution in [2.24, 2.45) is 0 Å². The van der Waals surface area contributed by atoms with Crippen LogP contribution in [-0.2, 0) is 20.7 Å². The lowest BCUT2D eigenvalue weighted by atomic mass is 9.98. The summed E-state index contributed by atoms with van der Waals surface area (Å²) in [6, 6.07) is 7.84. The topological polar surface area (TPSA) is 85.6 Å². The van der Waals surface area contributed by atoms with Gasteiger partial charge in [0.2, 0.25) is 0 Å². The molecule has 7 nitrogen and oxygen atoms in total. The molecule has 2 heterocycles. The third-order valence-corrected chi connectivity index (χ3v) is 5.42. The zero-order valence-electron chi connectivity index (χ0n) is 19.1. The third kappa shape index (κ3) is 5.10. The number of anilines is 1. The fourth-order valence-corrected chi connectivity index (χ4v) is 3.77. The largest absolute Gasteiger partial charge is 0.456 e. The van der Waals surface area contributed by atoms with Gasteiger partial charge in [0.25, 0.3) is 5.91 Å². The number of hydrogen-bond acceptors (Lipinski definition) is 5. The van der Waals surface area contributed by atoms with Crippen LogP contribution in [0.3, 0.4) is 0 Å². The van der Waals surface area contributed by atoms with Gasteiger partial charge in [-0.15, -0.1) is 0 Å². The molecule has 0 fully saturated rings. The first-order chi connectivity index (χ1) is 14.7. The molecule has 164 valence electrons. The zero-order valence-corrected chi connectivity index (χ0v) is 19.1. The van der Waals surface area contributed by atoms with E-state index >= 15 is 0 Å². The van der Waals surface area contributed by atoms with E-state index in [2.05, 4.69) is 29.2 Å². The standard InChI is InChI=1S/C24H30N4O3/c1-14(2)19-9-7-8-15(3)24(19)26-22(29)13-31-23(30)11-10-20-17(5)25-21-12-16(4)27-28(21)18(20)6/h7-9,12,14H,10-11,13H2,1-6H3,(H,26,29). The Morgan fingerprint density at radius 1 is 1.16 bits per heavy atom. The summed E-state index contributed by atoms with van der Waals surface area (Å²) in [6.45, 7) is 11.6. The third-order valence-electron chi connectivity index (χ3n) is 5.42. The summed E-state index contributed by atoms with van der Waals surface area (Å²) in [4.78, 5) is 29.2. The van der Waals surface area contributed by atoms with E-state index in [1.165, 1.54) is 0 Å². The fourth-order valence-electron chi connectivity index (χ4n) is 3.77. The second kappa shape index (κ2) is 9.29. The smallest absolute Gasteiger partial charge is 0.306 e. The number of aryl methyl sites for hydroxylation is 4. The van der Waals surface area contributed by atoms with Crippen molar-refractivity contribution in [1.82, 2.24) is 14.6 Å². The van der Waals surface area contributed by atoms with Gasteiger partial charge in [0, 0.05) is 29.6 Å². The first-order valence-corrected chi connectivity index (χ1v) is 10.5. The van der Waals surface area contributed by atoms with E-state index in [1.54, 1.807) is 4.52 Å². The van der Waals surface area contributed by atoms with Gasteiger partial charge in [-0.3, -0.25) is 9.59 Å². The van der Waals surface area contributed by atoms with E-state index < -0.39 is 5.97 Å². The van der Waals surface area contributed by atoms with Crippen LogP contribution in [-0.4, -0.2) is 33.1 Å². The van der Waals surface area contributed by atoms with Crippen molar-refractivity contribution in [3.05, 3.63) is 58.0 Å². The Balaban J connectivity index is 1.58. The van der Waals surface area contributed by atoms with Crippen molar-refractivity contribution in [2.75, 3.05) is 11.9 Å². The van der Waals surface area contributed by atoms with Crippen LogP contribution in [0.15, 0.2) is 24.3 Å². The molecule has 0 atom stereocenters. The second-order valence-corrected chi connectivity index (χ2v) is 8.22. The fraction of sp³-hybridized carbons (Fsp3) is 0.417. The Hall–Kier alpha value is -3.22. The molecule has 0 aliphatic rings. The minimum absolute atomic E-state index is 0.171. The second-order valence-electron chi connectivity index (χ2n) is 8.22. The number of amides is 1. The quantitative estimate of drug-likeness (QED) is 0.577. The van der Waals surface area contributed by atoms with Gasteiger partial charge in [-0.1, -0.05) is 32.0 Å². The number of rotatable bonds is 7. The van der Waals surface area contributed by atoms with E-state index in [9.17, 15) is 9.59 Å². The number of nitrogens with one attached hydrogen (secondary N) is 1. The minimum atomic E-state index is -0.417. The number of carbonyl (C=O) groups is 2. The molecule has 1 amide bonds. The molecular formula is C24H30N4O3. The molecule has 0 saturated carbocycles. The molecule has 0 unspecified atom stereocenters.